The largest absolute Gasteiger partial charge is 0.373 e. The summed E-state index contributed by atoms with van der Waals surface area (Å²) >= 11 is 0. The fourth-order valence-corrected chi connectivity index (χ4v) is 1.61. The number of urea groups is 1. The van der Waals surface area contributed by atoms with E-state index in [1.54, 1.807) is 0 Å². The van der Waals surface area contributed by atoms with Crippen molar-refractivity contribution in [3.8, 4) is 0 Å². The van der Waals surface area contributed by atoms with Crippen molar-refractivity contribution in [2.45, 2.75) is 32.9 Å². The van der Waals surface area contributed by atoms with Gasteiger partial charge in [-0.3, -0.25) is 10.1 Å². The third-order valence-electron chi connectivity index (χ3n) is 2.73. The summed E-state index contributed by atoms with van der Waals surface area (Å²) < 4.78 is 0. The molecule has 0 spiro atoms. The first-order chi connectivity index (χ1) is 6.06. The van der Waals surface area contributed by atoms with E-state index in [1.165, 1.54) is 0 Å². The minimum Gasteiger partial charge on any atom is -0.373 e. The van der Waals surface area contributed by atoms with Gasteiger partial charge in [-0.1, -0.05) is 13.8 Å². The molecule has 1 saturated heterocycles. The first kappa shape index (κ1) is 9.98. The SMILES string of the molecule is CCC1(CC)C(=O)NC(=O)NC1O. The van der Waals surface area contributed by atoms with Crippen LogP contribution in [0.4, 0.5) is 4.79 Å². The molecule has 0 aromatic heterocycles. The van der Waals surface area contributed by atoms with Gasteiger partial charge in [0.05, 0.1) is 5.41 Å². The van der Waals surface area contributed by atoms with Gasteiger partial charge in [0.15, 0.2) is 0 Å². The normalized spacial score (nSPS) is 26.5. The molecule has 0 aromatic rings. The van der Waals surface area contributed by atoms with Crippen LogP contribution in [0.15, 0.2) is 0 Å². The van der Waals surface area contributed by atoms with Crippen molar-refractivity contribution in [1.29, 1.82) is 0 Å². The highest BCUT2D eigenvalue weighted by Gasteiger charge is 2.46. The summed E-state index contributed by atoms with van der Waals surface area (Å²) in [5.74, 6) is -0.395. The number of imide groups is 1. The smallest absolute Gasteiger partial charge is 0.323 e. The Morgan fingerprint density at radius 2 is 1.92 bits per heavy atom. The summed E-state index contributed by atoms with van der Waals surface area (Å²) in [6.45, 7) is 3.62. The lowest BCUT2D eigenvalue weighted by atomic mass is 9.78. The lowest BCUT2D eigenvalue weighted by molar-refractivity contribution is -0.141. The molecule has 1 heterocycles. The number of hydrogen-bond acceptors (Lipinski definition) is 3. The van der Waals surface area contributed by atoms with Gasteiger partial charge < -0.3 is 10.4 Å². The molecule has 5 nitrogen and oxygen atoms in total. The van der Waals surface area contributed by atoms with Crippen molar-refractivity contribution in [2.75, 3.05) is 0 Å². The van der Waals surface area contributed by atoms with Crippen molar-refractivity contribution in [1.82, 2.24) is 10.6 Å². The summed E-state index contributed by atoms with van der Waals surface area (Å²) in [5.41, 5.74) is -0.867. The molecule has 13 heavy (non-hydrogen) atoms. The number of amides is 3. The molecule has 74 valence electrons. The standard InChI is InChI=1S/C8H14N2O3/c1-3-8(4-2)5(11)9-7(13)10-6(8)12/h5,11H,3-4H2,1-2H3,(H2,9,10,12,13). The first-order valence-corrected chi connectivity index (χ1v) is 4.37. The van der Waals surface area contributed by atoms with E-state index in [0.29, 0.717) is 12.8 Å². The number of carbonyl (C=O) groups excluding carboxylic acids is 2. The third-order valence-corrected chi connectivity index (χ3v) is 2.73. The fourth-order valence-electron chi connectivity index (χ4n) is 1.61. The van der Waals surface area contributed by atoms with E-state index in [2.05, 4.69) is 10.6 Å². The van der Waals surface area contributed by atoms with Crippen LogP contribution in [-0.4, -0.2) is 23.3 Å². The Balaban J connectivity index is 2.93. The van der Waals surface area contributed by atoms with Crippen molar-refractivity contribution >= 4 is 11.9 Å². The van der Waals surface area contributed by atoms with E-state index in [1.807, 2.05) is 13.8 Å². The van der Waals surface area contributed by atoms with E-state index in [9.17, 15) is 14.7 Å². The van der Waals surface area contributed by atoms with Gasteiger partial charge in [-0.25, -0.2) is 4.79 Å². The zero-order valence-electron chi connectivity index (χ0n) is 7.76. The Hall–Kier alpha value is -1.10. The molecule has 3 amide bonds. The van der Waals surface area contributed by atoms with Crippen molar-refractivity contribution < 1.29 is 14.7 Å². The molecule has 0 bridgehead atoms. The maximum absolute atomic E-state index is 11.5. The maximum atomic E-state index is 11.5. The Morgan fingerprint density at radius 3 is 2.31 bits per heavy atom. The molecule has 3 N–H and O–H groups in total. The number of aliphatic hydroxyl groups is 1. The van der Waals surface area contributed by atoms with Crippen LogP contribution in [-0.2, 0) is 4.79 Å². The minimum atomic E-state index is -1.08. The van der Waals surface area contributed by atoms with Crippen LogP contribution in [0.3, 0.4) is 0 Å². The summed E-state index contributed by atoms with van der Waals surface area (Å²) in [7, 11) is 0. The molecular weight excluding hydrogens is 172 g/mol. The van der Waals surface area contributed by atoms with E-state index in [4.69, 9.17) is 0 Å². The summed E-state index contributed by atoms with van der Waals surface area (Å²) in [6, 6.07) is -0.630. The molecule has 0 radical (unpaired) electrons. The average molecular weight is 186 g/mol. The van der Waals surface area contributed by atoms with Crippen molar-refractivity contribution in [3.05, 3.63) is 0 Å². The zero-order chi connectivity index (χ0) is 10.1. The number of aliphatic hydroxyl groups excluding tert-OH is 1. The molecule has 0 aliphatic carbocycles. The van der Waals surface area contributed by atoms with E-state index < -0.39 is 23.6 Å². The summed E-state index contributed by atoms with van der Waals surface area (Å²) in [6.07, 6.45) is -0.0863. The molecule has 1 unspecified atom stereocenters. The highest BCUT2D eigenvalue weighted by atomic mass is 16.3. The molecule has 1 aliphatic heterocycles. The molecule has 1 rings (SSSR count). The predicted octanol–water partition coefficient (Wildman–Crippen LogP) is -0.0494. The molecule has 1 aliphatic rings. The topological polar surface area (TPSA) is 78.4 Å². The number of hydrogen-bond donors (Lipinski definition) is 3. The number of nitrogens with one attached hydrogen (secondary N) is 2. The van der Waals surface area contributed by atoms with Crippen LogP contribution in [0.5, 0.6) is 0 Å². The Bertz CT molecular complexity index is 236. The van der Waals surface area contributed by atoms with Crippen LogP contribution >= 0.6 is 0 Å². The molecule has 1 atom stereocenters. The zero-order valence-corrected chi connectivity index (χ0v) is 7.76. The van der Waals surface area contributed by atoms with Crippen LogP contribution < -0.4 is 10.6 Å². The van der Waals surface area contributed by atoms with Gasteiger partial charge >= 0.3 is 6.03 Å². The van der Waals surface area contributed by atoms with Crippen LogP contribution in [0.25, 0.3) is 0 Å². The van der Waals surface area contributed by atoms with E-state index >= 15 is 0 Å². The van der Waals surface area contributed by atoms with Gasteiger partial charge in [-0.05, 0) is 12.8 Å². The van der Waals surface area contributed by atoms with Gasteiger partial charge in [0.2, 0.25) is 5.91 Å². The second-order valence-corrected chi connectivity index (χ2v) is 3.19. The maximum Gasteiger partial charge on any atom is 0.323 e. The molecule has 0 aromatic carbocycles. The van der Waals surface area contributed by atoms with E-state index in [0.717, 1.165) is 0 Å². The van der Waals surface area contributed by atoms with Gasteiger partial charge in [-0.15, -0.1) is 0 Å². The second-order valence-electron chi connectivity index (χ2n) is 3.19. The highest BCUT2D eigenvalue weighted by Crippen LogP contribution is 2.31. The minimum absolute atomic E-state index is 0.395. The monoisotopic (exact) mass is 186 g/mol. The highest BCUT2D eigenvalue weighted by molar-refractivity contribution is 6.00. The van der Waals surface area contributed by atoms with Crippen LogP contribution in [0.1, 0.15) is 26.7 Å². The van der Waals surface area contributed by atoms with E-state index in [-0.39, 0.29) is 0 Å². The van der Waals surface area contributed by atoms with Crippen LogP contribution in [0.2, 0.25) is 0 Å². The Morgan fingerprint density at radius 1 is 1.38 bits per heavy atom. The Kier molecular flexibility index (Phi) is 2.56. The second kappa shape index (κ2) is 3.33. The van der Waals surface area contributed by atoms with Crippen molar-refractivity contribution in [3.63, 3.8) is 0 Å². The molecule has 0 saturated carbocycles. The van der Waals surface area contributed by atoms with Crippen molar-refractivity contribution in [2.24, 2.45) is 5.41 Å². The van der Waals surface area contributed by atoms with Crippen LogP contribution in [0, 0.1) is 5.41 Å². The quantitative estimate of drug-likeness (QED) is 0.565. The van der Waals surface area contributed by atoms with Gasteiger partial charge in [0, 0.05) is 0 Å². The Labute approximate surface area is 76.5 Å². The van der Waals surface area contributed by atoms with Gasteiger partial charge in [0.1, 0.15) is 6.23 Å². The number of carbonyl (C=O) groups is 2. The van der Waals surface area contributed by atoms with Gasteiger partial charge in [-0.2, -0.15) is 0 Å². The fraction of sp³-hybridized carbons (Fsp3) is 0.750. The summed E-state index contributed by atoms with van der Waals surface area (Å²) in [4.78, 5) is 22.3. The van der Waals surface area contributed by atoms with Gasteiger partial charge in [0.25, 0.3) is 0 Å². The predicted molar refractivity (Wildman–Crippen MR) is 45.7 cm³/mol. The molecule has 5 heteroatoms. The summed E-state index contributed by atoms with van der Waals surface area (Å²) in [5, 5.41) is 14.0. The lowest BCUT2D eigenvalue weighted by Crippen LogP contribution is -2.64. The molecular formula is C8H14N2O3. The molecule has 1 fully saturated rings. The number of rotatable bonds is 2. The first-order valence-electron chi connectivity index (χ1n) is 4.37. The lowest BCUT2D eigenvalue weighted by Gasteiger charge is -2.38. The average Bonchev–Trinajstić information content (AvgIpc) is 2.05. The third kappa shape index (κ3) is 1.39.